The number of hydrogen-bond donors (Lipinski definition) is 1. The number of ketones is 1. The van der Waals surface area contributed by atoms with Gasteiger partial charge in [-0.3, -0.25) is 4.79 Å². The van der Waals surface area contributed by atoms with Gasteiger partial charge in [-0.1, -0.05) is 23.9 Å². The standard InChI is InChI=1S/C22H24N2O2S/c1-14(25)15(2)27-21-13-20(16-5-9-18(23-3)10-6-16)22(24-21)17-7-11-19(26-4)12-8-17/h5-12,15,23H,13H2,1-4H3. The molecule has 1 aliphatic rings. The lowest BCUT2D eigenvalue weighted by Gasteiger charge is -2.09. The third-order valence-corrected chi connectivity index (χ3v) is 5.81. The Bertz CT molecular complexity index is 884. The molecular formula is C22H24N2O2S. The molecule has 2 aromatic rings. The molecular weight excluding hydrogens is 356 g/mol. The van der Waals surface area contributed by atoms with Gasteiger partial charge in [0.1, 0.15) is 11.5 Å². The smallest absolute Gasteiger partial charge is 0.142 e. The zero-order chi connectivity index (χ0) is 19.4. The van der Waals surface area contributed by atoms with E-state index in [4.69, 9.17) is 9.73 Å². The monoisotopic (exact) mass is 380 g/mol. The van der Waals surface area contributed by atoms with Gasteiger partial charge in [0.25, 0.3) is 0 Å². The number of carbonyl (C=O) groups is 1. The van der Waals surface area contributed by atoms with E-state index in [0.29, 0.717) is 0 Å². The van der Waals surface area contributed by atoms with Crippen molar-refractivity contribution in [2.24, 2.45) is 4.99 Å². The Morgan fingerprint density at radius 2 is 1.74 bits per heavy atom. The summed E-state index contributed by atoms with van der Waals surface area (Å²) < 4.78 is 5.27. The topological polar surface area (TPSA) is 50.7 Å². The number of aliphatic imine (C=N–C) groups is 1. The molecule has 1 unspecified atom stereocenters. The van der Waals surface area contributed by atoms with Gasteiger partial charge in [0, 0.05) is 24.7 Å². The molecule has 0 aromatic heterocycles. The maximum atomic E-state index is 11.7. The average Bonchev–Trinajstić information content (AvgIpc) is 3.11. The average molecular weight is 381 g/mol. The molecule has 2 aromatic carbocycles. The fourth-order valence-corrected chi connectivity index (χ4v) is 3.83. The second kappa shape index (κ2) is 8.44. The molecule has 0 aliphatic carbocycles. The fraction of sp³-hybridized carbons (Fsp3) is 0.273. The quantitative estimate of drug-likeness (QED) is 0.756. The van der Waals surface area contributed by atoms with Gasteiger partial charge in [-0.25, -0.2) is 4.99 Å². The van der Waals surface area contributed by atoms with Gasteiger partial charge in [-0.15, -0.1) is 0 Å². The number of thioether (sulfide) groups is 1. The highest BCUT2D eigenvalue weighted by Crippen LogP contribution is 2.39. The van der Waals surface area contributed by atoms with Gasteiger partial charge in [0.05, 0.1) is 23.1 Å². The second-order valence-electron chi connectivity index (χ2n) is 6.44. The Morgan fingerprint density at radius 1 is 1.11 bits per heavy atom. The summed E-state index contributed by atoms with van der Waals surface area (Å²) in [6, 6.07) is 16.3. The van der Waals surface area contributed by atoms with Gasteiger partial charge >= 0.3 is 0 Å². The summed E-state index contributed by atoms with van der Waals surface area (Å²) in [5, 5.41) is 4.04. The number of carbonyl (C=O) groups excluding carboxylic acids is 1. The van der Waals surface area contributed by atoms with Crippen LogP contribution in [-0.4, -0.2) is 30.2 Å². The predicted octanol–water partition coefficient (Wildman–Crippen LogP) is 5.12. The number of benzene rings is 2. The highest BCUT2D eigenvalue weighted by atomic mass is 32.2. The number of anilines is 1. The number of hydrogen-bond acceptors (Lipinski definition) is 5. The van der Waals surface area contributed by atoms with Crippen LogP contribution in [0.2, 0.25) is 0 Å². The molecule has 5 heteroatoms. The van der Waals surface area contributed by atoms with E-state index in [1.807, 2.05) is 38.2 Å². The minimum absolute atomic E-state index is 0.0908. The van der Waals surface area contributed by atoms with Gasteiger partial charge in [0.15, 0.2) is 0 Å². The van der Waals surface area contributed by atoms with E-state index >= 15 is 0 Å². The molecule has 0 bridgehead atoms. The summed E-state index contributed by atoms with van der Waals surface area (Å²) in [5.41, 5.74) is 5.42. The molecule has 4 nitrogen and oxygen atoms in total. The van der Waals surface area contributed by atoms with Crippen molar-refractivity contribution in [2.75, 3.05) is 19.5 Å². The summed E-state index contributed by atoms with van der Waals surface area (Å²) >= 11 is 1.55. The van der Waals surface area contributed by atoms with E-state index in [2.05, 4.69) is 29.6 Å². The fourth-order valence-electron chi connectivity index (χ4n) is 2.89. The number of methoxy groups -OCH3 is 1. The van der Waals surface area contributed by atoms with Crippen LogP contribution < -0.4 is 10.1 Å². The normalized spacial score (nSPS) is 14.7. The van der Waals surface area contributed by atoms with E-state index in [1.54, 1.807) is 25.8 Å². The minimum atomic E-state index is -0.0908. The van der Waals surface area contributed by atoms with Crippen molar-refractivity contribution in [3.8, 4) is 5.75 Å². The van der Waals surface area contributed by atoms with Gasteiger partial charge in [-0.05, 0) is 61.4 Å². The Labute approximate surface area is 164 Å². The highest BCUT2D eigenvalue weighted by Gasteiger charge is 2.23. The van der Waals surface area contributed by atoms with Crippen LogP contribution in [0, 0.1) is 0 Å². The third kappa shape index (κ3) is 4.42. The molecule has 0 saturated carbocycles. The molecule has 1 N–H and O–H groups in total. The number of Topliss-reactive ketones (excluding diaryl/α,β-unsaturated/α-hetero) is 1. The summed E-state index contributed by atoms with van der Waals surface area (Å²) in [7, 11) is 3.57. The van der Waals surface area contributed by atoms with Gasteiger partial charge < -0.3 is 10.1 Å². The predicted molar refractivity (Wildman–Crippen MR) is 116 cm³/mol. The first kappa shape index (κ1) is 19.2. The Morgan fingerprint density at radius 3 is 2.30 bits per heavy atom. The van der Waals surface area contributed by atoms with E-state index in [9.17, 15) is 4.79 Å². The molecule has 27 heavy (non-hydrogen) atoms. The Kier molecular flexibility index (Phi) is 6.01. The molecule has 0 radical (unpaired) electrons. The van der Waals surface area contributed by atoms with Gasteiger partial charge in [-0.2, -0.15) is 0 Å². The molecule has 0 fully saturated rings. The number of allylic oxidation sites excluding steroid dienone is 1. The molecule has 0 spiro atoms. The summed E-state index contributed by atoms with van der Waals surface area (Å²) in [4.78, 5) is 16.6. The van der Waals surface area contributed by atoms with Crippen LogP contribution in [-0.2, 0) is 4.79 Å². The van der Waals surface area contributed by atoms with Crippen molar-refractivity contribution in [3.05, 3.63) is 59.7 Å². The first-order valence-electron chi connectivity index (χ1n) is 8.92. The zero-order valence-corrected chi connectivity index (χ0v) is 16.9. The van der Waals surface area contributed by atoms with Crippen LogP contribution in [0.5, 0.6) is 5.75 Å². The Hall–Kier alpha value is -2.53. The Balaban J connectivity index is 1.98. The van der Waals surface area contributed by atoms with Crippen molar-refractivity contribution < 1.29 is 9.53 Å². The highest BCUT2D eigenvalue weighted by molar-refractivity contribution is 8.15. The van der Waals surface area contributed by atoms with E-state index in [-0.39, 0.29) is 11.0 Å². The lowest BCUT2D eigenvalue weighted by Crippen LogP contribution is -2.10. The van der Waals surface area contributed by atoms with Crippen molar-refractivity contribution >= 4 is 39.5 Å². The minimum Gasteiger partial charge on any atom is -0.497 e. The first-order valence-corrected chi connectivity index (χ1v) is 9.80. The number of rotatable bonds is 6. The van der Waals surface area contributed by atoms with Crippen molar-refractivity contribution in [2.45, 2.75) is 25.5 Å². The second-order valence-corrected chi connectivity index (χ2v) is 7.85. The van der Waals surface area contributed by atoms with Crippen LogP contribution >= 0.6 is 11.8 Å². The van der Waals surface area contributed by atoms with Crippen LogP contribution in [0.1, 0.15) is 31.4 Å². The van der Waals surface area contributed by atoms with Crippen LogP contribution in [0.15, 0.2) is 53.5 Å². The lowest BCUT2D eigenvalue weighted by atomic mass is 9.99. The summed E-state index contributed by atoms with van der Waals surface area (Å²) in [5.74, 6) is 0.988. The largest absolute Gasteiger partial charge is 0.497 e. The van der Waals surface area contributed by atoms with Crippen molar-refractivity contribution in [1.29, 1.82) is 0 Å². The van der Waals surface area contributed by atoms with Crippen molar-refractivity contribution in [1.82, 2.24) is 0 Å². The molecule has 0 saturated heterocycles. The van der Waals surface area contributed by atoms with Crippen LogP contribution in [0.4, 0.5) is 5.69 Å². The number of ether oxygens (including phenoxy) is 1. The molecule has 1 aliphatic heterocycles. The first-order chi connectivity index (χ1) is 13.0. The molecule has 0 amide bonds. The molecule has 1 heterocycles. The van der Waals surface area contributed by atoms with Crippen LogP contribution in [0.3, 0.4) is 0 Å². The van der Waals surface area contributed by atoms with E-state index in [0.717, 1.165) is 39.7 Å². The van der Waals surface area contributed by atoms with Gasteiger partial charge in [0.2, 0.25) is 0 Å². The van der Waals surface area contributed by atoms with E-state index in [1.165, 1.54) is 5.57 Å². The number of nitrogens with one attached hydrogen (secondary N) is 1. The third-order valence-electron chi connectivity index (χ3n) is 4.62. The molecule has 3 rings (SSSR count). The van der Waals surface area contributed by atoms with Crippen molar-refractivity contribution in [3.63, 3.8) is 0 Å². The van der Waals surface area contributed by atoms with Crippen LogP contribution in [0.25, 0.3) is 11.3 Å². The molecule has 140 valence electrons. The van der Waals surface area contributed by atoms with E-state index < -0.39 is 0 Å². The lowest BCUT2D eigenvalue weighted by molar-refractivity contribution is -0.116. The maximum absolute atomic E-state index is 11.7. The molecule has 1 atom stereocenters. The summed E-state index contributed by atoms with van der Waals surface area (Å²) in [6.07, 6.45) is 0.739. The number of nitrogens with zero attached hydrogens (tertiary/aromatic N) is 1. The zero-order valence-electron chi connectivity index (χ0n) is 16.1. The summed E-state index contributed by atoms with van der Waals surface area (Å²) in [6.45, 7) is 3.56. The SMILES string of the molecule is CNc1ccc(C2=C(c3ccc(OC)cc3)N=C(SC(C)C(C)=O)C2)cc1. The maximum Gasteiger partial charge on any atom is 0.142 e.